The standard InChI is InChI=1S/C18H16ClFN4O2/c19-13-5-10(1-2-14(13)20)24-18-12-6-15(21)17(7-16(12)22-9-23-18)26-11-3-4-25-8-11/h1-2,5-7,9,11H,3-4,8,21H2,(H,22,23,24)/i11D. The van der Waals surface area contributed by atoms with Gasteiger partial charge >= 0.3 is 0 Å². The third-order valence-electron chi connectivity index (χ3n) is 3.99. The highest BCUT2D eigenvalue weighted by Gasteiger charge is 2.19. The van der Waals surface area contributed by atoms with Crippen molar-refractivity contribution in [3.05, 3.63) is 47.5 Å². The summed E-state index contributed by atoms with van der Waals surface area (Å²) in [7, 11) is 0. The molecule has 1 aliphatic rings. The molecule has 0 bridgehead atoms. The van der Waals surface area contributed by atoms with Crippen LogP contribution < -0.4 is 15.8 Å². The second kappa shape index (κ2) is 6.93. The first-order valence-corrected chi connectivity index (χ1v) is 8.34. The van der Waals surface area contributed by atoms with E-state index in [-0.39, 0.29) is 11.6 Å². The molecule has 1 aliphatic heterocycles. The number of halogens is 2. The SMILES string of the molecule is [2H]C1(Oc2cc3ncnc(Nc4ccc(F)c(Cl)c4)c3cc2N)CCOC1. The molecule has 6 nitrogen and oxygen atoms in total. The van der Waals surface area contributed by atoms with E-state index in [9.17, 15) is 4.39 Å². The van der Waals surface area contributed by atoms with Crippen molar-refractivity contribution in [1.82, 2.24) is 9.97 Å². The molecule has 0 aliphatic carbocycles. The number of rotatable bonds is 4. The lowest BCUT2D eigenvalue weighted by Crippen LogP contribution is -2.16. The van der Waals surface area contributed by atoms with E-state index in [1.54, 1.807) is 18.2 Å². The van der Waals surface area contributed by atoms with Crippen LogP contribution in [0.2, 0.25) is 5.02 Å². The van der Waals surface area contributed by atoms with E-state index in [4.69, 9.17) is 28.2 Å². The molecular formula is C18H16ClFN4O2. The predicted octanol–water partition coefficient (Wildman–Crippen LogP) is 3.92. The van der Waals surface area contributed by atoms with E-state index < -0.39 is 11.9 Å². The van der Waals surface area contributed by atoms with Crippen LogP contribution in [0.1, 0.15) is 7.79 Å². The molecule has 4 rings (SSSR count). The Morgan fingerprint density at radius 2 is 2.23 bits per heavy atom. The van der Waals surface area contributed by atoms with Crippen molar-refractivity contribution in [2.24, 2.45) is 0 Å². The number of hydrogen-bond donors (Lipinski definition) is 2. The van der Waals surface area contributed by atoms with E-state index >= 15 is 0 Å². The Kier molecular flexibility index (Phi) is 4.16. The lowest BCUT2D eigenvalue weighted by molar-refractivity contribution is 0.142. The van der Waals surface area contributed by atoms with E-state index in [1.165, 1.54) is 18.5 Å². The summed E-state index contributed by atoms with van der Waals surface area (Å²) in [6.07, 6.45) is 0.706. The van der Waals surface area contributed by atoms with Gasteiger partial charge in [-0.05, 0) is 24.3 Å². The molecule has 3 N–H and O–H groups in total. The minimum atomic E-state index is -1.15. The number of ether oxygens (including phenoxy) is 2. The van der Waals surface area contributed by atoms with Crippen LogP contribution in [0, 0.1) is 5.82 Å². The Morgan fingerprint density at radius 1 is 1.35 bits per heavy atom. The average molecular weight is 376 g/mol. The number of nitrogens with two attached hydrogens (primary N) is 1. The molecule has 134 valence electrons. The first-order valence-electron chi connectivity index (χ1n) is 8.47. The maximum absolute atomic E-state index is 13.3. The molecule has 26 heavy (non-hydrogen) atoms. The summed E-state index contributed by atoms with van der Waals surface area (Å²) in [6, 6.07) is 7.64. The third kappa shape index (κ3) is 3.36. The van der Waals surface area contributed by atoms with Crippen molar-refractivity contribution in [3.63, 3.8) is 0 Å². The number of nitrogens with zero attached hydrogens (tertiary/aromatic N) is 2. The molecule has 0 radical (unpaired) electrons. The van der Waals surface area contributed by atoms with Crippen LogP contribution in [0.25, 0.3) is 10.9 Å². The van der Waals surface area contributed by atoms with Gasteiger partial charge in [0, 0.05) is 23.6 Å². The summed E-state index contributed by atoms with van der Waals surface area (Å²) in [5.74, 6) is 0.365. The first-order chi connectivity index (χ1) is 12.9. The monoisotopic (exact) mass is 375 g/mol. The zero-order valence-electron chi connectivity index (χ0n) is 14.6. The molecule has 1 fully saturated rings. The fourth-order valence-corrected chi connectivity index (χ4v) is 2.86. The van der Waals surface area contributed by atoms with E-state index in [1.807, 2.05) is 0 Å². The van der Waals surface area contributed by atoms with Crippen LogP contribution in [-0.4, -0.2) is 29.3 Å². The Bertz CT molecular complexity index is 1010. The summed E-state index contributed by atoms with van der Waals surface area (Å²) in [4.78, 5) is 8.48. The predicted molar refractivity (Wildman–Crippen MR) is 98.5 cm³/mol. The quantitative estimate of drug-likeness (QED) is 0.673. The highest BCUT2D eigenvalue weighted by Crippen LogP contribution is 2.33. The van der Waals surface area contributed by atoms with Crippen LogP contribution >= 0.6 is 11.6 Å². The number of anilines is 3. The van der Waals surface area contributed by atoms with Crippen molar-refractivity contribution >= 4 is 39.7 Å². The Balaban J connectivity index is 1.68. The smallest absolute Gasteiger partial charge is 0.144 e. The summed E-state index contributed by atoms with van der Waals surface area (Å²) >= 11 is 5.83. The molecule has 3 aromatic rings. The first kappa shape index (κ1) is 15.6. The number of nitrogens with one attached hydrogen (secondary N) is 1. The van der Waals surface area contributed by atoms with Gasteiger partial charge in [0.1, 0.15) is 29.8 Å². The largest absolute Gasteiger partial charge is 0.486 e. The zero-order valence-corrected chi connectivity index (χ0v) is 14.4. The molecule has 1 unspecified atom stereocenters. The van der Waals surface area contributed by atoms with Crippen molar-refractivity contribution in [1.29, 1.82) is 0 Å². The van der Waals surface area contributed by atoms with Crippen LogP contribution in [0.15, 0.2) is 36.7 Å². The molecule has 1 saturated heterocycles. The van der Waals surface area contributed by atoms with Crippen LogP contribution in [0.4, 0.5) is 21.6 Å². The summed E-state index contributed by atoms with van der Waals surface area (Å²) in [6.45, 7) is 0.667. The molecule has 0 spiro atoms. The molecular weight excluding hydrogens is 359 g/mol. The van der Waals surface area contributed by atoms with Gasteiger partial charge in [-0.2, -0.15) is 0 Å². The minimum absolute atomic E-state index is 0.00749. The molecule has 8 heteroatoms. The topological polar surface area (TPSA) is 82.3 Å². The second-order valence-electron chi connectivity index (χ2n) is 5.83. The Labute approximate surface area is 155 Å². The minimum Gasteiger partial charge on any atom is -0.486 e. The fraction of sp³-hybridized carbons (Fsp3) is 0.222. The fourth-order valence-electron chi connectivity index (χ4n) is 2.68. The highest BCUT2D eigenvalue weighted by molar-refractivity contribution is 6.31. The van der Waals surface area contributed by atoms with Gasteiger partial charge in [-0.25, -0.2) is 14.4 Å². The molecule has 0 amide bonds. The van der Waals surface area contributed by atoms with Crippen LogP contribution in [0.5, 0.6) is 5.75 Å². The van der Waals surface area contributed by atoms with Gasteiger partial charge in [-0.15, -0.1) is 0 Å². The van der Waals surface area contributed by atoms with E-state index in [0.29, 0.717) is 46.9 Å². The normalized spacial score (nSPS) is 20.2. The number of nitrogen functional groups attached to an aromatic ring is 1. The second-order valence-corrected chi connectivity index (χ2v) is 6.23. The molecule has 2 heterocycles. The molecule has 2 aromatic carbocycles. The molecule has 1 aromatic heterocycles. The lowest BCUT2D eigenvalue weighted by Gasteiger charge is -2.15. The van der Waals surface area contributed by atoms with Crippen molar-refractivity contribution in [2.75, 3.05) is 24.3 Å². The van der Waals surface area contributed by atoms with Gasteiger partial charge < -0.3 is 20.5 Å². The molecule has 1 atom stereocenters. The number of aromatic nitrogens is 2. The van der Waals surface area contributed by atoms with Gasteiger partial charge in [0.15, 0.2) is 0 Å². The third-order valence-corrected chi connectivity index (χ3v) is 4.28. The van der Waals surface area contributed by atoms with Gasteiger partial charge in [-0.1, -0.05) is 11.6 Å². The van der Waals surface area contributed by atoms with Crippen LogP contribution in [0.3, 0.4) is 0 Å². The summed E-state index contributed by atoms with van der Waals surface area (Å²) in [5, 5.41) is 3.75. The highest BCUT2D eigenvalue weighted by atomic mass is 35.5. The molecule has 0 saturated carbocycles. The summed E-state index contributed by atoms with van der Waals surface area (Å²) < 4.78 is 32.6. The van der Waals surface area contributed by atoms with Gasteiger partial charge in [0.25, 0.3) is 0 Å². The van der Waals surface area contributed by atoms with Crippen molar-refractivity contribution < 1.29 is 15.2 Å². The van der Waals surface area contributed by atoms with Crippen molar-refractivity contribution in [2.45, 2.75) is 12.5 Å². The van der Waals surface area contributed by atoms with Gasteiger partial charge in [0.2, 0.25) is 0 Å². The summed E-state index contributed by atoms with van der Waals surface area (Å²) in [5.41, 5.74) is 7.65. The Hall–Kier alpha value is -2.64. The Morgan fingerprint density at radius 3 is 3.00 bits per heavy atom. The lowest BCUT2D eigenvalue weighted by atomic mass is 10.2. The number of fused-ring (bicyclic) bond motifs is 1. The zero-order chi connectivity index (χ0) is 19.0. The van der Waals surface area contributed by atoms with E-state index in [0.717, 1.165) is 0 Å². The maximum Gasteiger partial charge on any atom is 0.144 e. The van der Waals surface area contributed by atoms with Crippen LogP contribution in [-0.2, 0) is 4.74 Å². The maximum atomic E-state index is 13.3. The van der Waals surface area contributed by atoms with Gasteiger partial charge in [-0.3, -0.25) is 0 Å². The average Bonchev–Trinajstić information content (AvgIpc) is 3.06. The number of benzene rings is 2. The van der Waals surface area contributed by atoms with Crippen molar-refractivity contribution in [3.8, 4) is 5.75 Å². The van der Waals surface area contributed by atoms with Gasteiger partial charge in [0.05, 0.1) is 30.8 Å². The van der Waals surface area contributed by atoms with E-state index in [2.05, 4.69) is 15.3 Å². The number of hydrogen-bond acceptors (Lipinski definition) is 6.